The number of rotatable bonds is 32. The number of hydrogen-bond donors (Lipinski definition) is 3. The summed E-state index contributed by atoms with van der Waals surface area (Å²) in [5.74, 6) is -2.41. The van der Waals surface area contributed by atoms with Crippen LogP contribution in [0.1, 0.15) is 142 Å². The molecule has 268 valence electrons. The van der Waals surface area contributed by atoms with E-state index in [2.05, 4.69) is 42.7 Å². The summed E-state index contributed by atoms with van der Waals surface area (Å²) in [4.78, 5) is 45.2. The van der Waals surface area contributed by atoms with E-state index in [1.54, 1.807) is 0 Å². The van der Waals surface area contributed by atoms with Gasteiger partial charge in [0.15, 0.2) is 6.10 Å². The third kappa shape index (κ3) is 29.4. The molecule has 46 heavy (non-hydrogen) atoms. The van der Waals surface area contributed by atoms with E-state index in [4.69, 9.17) is 24.8 Å². The minimum absolute atomic E-state index is 0.153. The van der Waals surface area contributed by atoms with Crippen LogP contribution >= 0.6 is 7.82 Å². The van der Waals surface area contributed by atoms with Gasteiger partial charge in [-0.3, -0.25) is 23.4 Å². The number of allylic oxidation sites excluding steroid dienone is 4. The van der Waals surface area contributed by atoms with Crippen molar-refractivity contribution in [1.29, 1.82) is 0 Å². The molecule has 0 aromatic carbocycles. The molecule has 0 aliphatic heterocycles. The zero-order chi connectivity index (χ0) is 34.3. The Kier molecular flexibility index (Phi) is 29.0. The second kappa shape index (κ2) is 30.3. The van der Waals surface area contributed by atoms with Crippen LogP contribution < -0.4 is 5.73 Å². The van der Waals surface area contributed by atoms with Gasteiger partial charge < -0.3 is 25.2 Å². The van der Waals surface area contributed by atoms with Gasteiger partial charge >= 0.3 is 25.7 Å². The van der Waals surface area contributed by atoms with Crippen molar-refractivity contribution < 1.29 is 47.5 Å². The molecule has 0 saturated carbocycles. The van der Waals surface area contributed by atoms with Gasteiger partial charge in [0.05, 0.1) is 13.2 Å². The van der Waals surface area contributed by atoms with E-state index >= 15 is 0 Å². The Hall–Kier alpha value is -2.04. The molecule has 12 heteroatoms. The molecular weight excluding hydrogens is 613 g/mol. The summed E-state index contributed by atoms with van der Waals surface area (Å²) in [6, 6.07) is -1.52. The SMILES string of the molecule is CCCCCC/C=C\C/C=C\CCCCCCCCCC(=O)OC(COC(=O)CCCCCC)COP(=O)(O)OCC(N)C(=O)O. The number of esters is 2. The van der Waals surface area contributed by atoms with Crippen LogP contribution in [0.4, 0.5) is 0 Å². The van der Waals surface area contributed by atoms with Gasteiger partial charge in [-0.15, -0.1) is 0 Å². The van der Waals surface area contributed by atoms with Crippen LogP contribution in [0, 0.1) is 0 Å². The highest BCUT2D eigenvalue weighted by molar-refractivity contribution is 7.47. The fourth-order valence-electron chi connectivity index (χ4n) is 4.39. The third-order valence-electron chi connectivity index (χ3n) is 7.20. The molecule has 0 aromatic heterocycles. The molecule has 3 unspecified atom stereocenters. The van der Waals surface area contributed by atoms with Gasteiger partial charge in [0.25, 0.3) is 0 Å². The summed E-state index contributed by atoms with van der Waals surface area (Å²) in [5, 5.41) is 8.80. The zero-order valence-electron chi connectivity index (χ0n) is 28.4. The first-order valence-corrected chi connectivity index (χ1v) is 18.9. The molecule has 0 rings (SSSR count). The molecule has 0 spiro atoms. The van der Waals surface area contributed by atoms with Crippen molar-refractivity contribution in [3.63, 3.8) is 0 Å². The van der Waals surface area contributed by atoms with Crippen molar-refractivity contribution in [1.82, 2.24) is 0 Å². The van der Waals surface area contributed by atoms with E-state index in [1.165, 1.54) is 44.9 Å². The van der Waals surface area contributed by atoms with Gasteiger partial charge in [0.1, 0.15) is 12.6 Å². The molecule has 0 radical (unpaired) electrons. The van der Waals surface area contributed by atoms with E-state index in [0.29, 0.717) is 12.8 Å². The molecule has 4 N–H and O–H groups in total. The summed E-state index contributed by atoms with van der Waals surface area (Å²) in [6.07, 6.45) is 27.5. The maximum absolute atomic E-state index is 12.5. The largest absolute Gasteiger partial charge is 0.480 e. The van der Waals surface area contributed by atoms with E-state index < -0.39 is 51.1 Å². The number of nitrogens with two attached hydrogens (primary N) is 1. The molecule has 3 atom stereocenters. The Morgan fingerprint density at radius 3 is 1.72 bits per heavy atom. The summed E-state index contributed by atoms with van der Waals surface area (Å²) in [5.41, 5.74) is 5.28. The lowest BCUT2D eigenvalue weighted by Gasteiger charge is -2.20. The number of unbranched alkanes of at least 4 members (excludes halogenated alkanes) is 14. The lowest BCUT2D eigenvalue weighted by Crippen LogP contribution is -2.34. The van der Waals surface area contributed by atoms with Crippen molar-refractivity contribution in [3.8, 4) is 0 Å². The average Bonchev–Trinajstić information content (AvgIpc) is 3.02. The number of carboxylic acids is 1. The molecule has 0 aliphatic rings. The van der Waals surface area contributed by atoms with Gasteiger partial charge in [-0.2, -0.15) is 0 Å². The van der Waals surface area contributed by atoms with E-state index in [1.807, 2.05) is 0 Å². The van der Waals surface area contributed by atoms with E-state index in [0.717, 1.165) is 57.8 Å². The second-order valence-electron chi connectivity index (χ2n) is 11.7. The Bertz CT molecular complexity index is 895. The summed E-state index contributed by atoms with van der Waals surface area (Å²) >= 11 is 0. The fraction of sp³-hybridized carbons (Fsp3) is 0.794. The highest BCUT2D eigenvalue weighted by Gasteiger charge is 2.28. The normalized spacial score (nSPS) is 14.3. The Morgan fingerprint density at radius 2 is 1.15 bits per heavy atom. The minimum Gasteiger partial charge on any atom is -0.480 e. The first-order valence-electron chi connectivity index (χ1n) is 17.4. The molecule has 11 nitrogen and oxygen atoms in total. The van der Waals surface area contributed by atoms with Gasteiger partial charge in [0, 0.05) is 12.8 Å². The van der Waals surface area contributed by atoms with Crippen molar-refractivity contribution >= 4 is 25.7 Å². The van der Waals surface area contributed by atoms with Gasteiger partial charge in [-0.1, -0.05) is 109 Å². The van der Waals surface area contributed by atoms with Crippen molar-refractivity contribution in [2.75, 3.05) is 19.8 Å². The maximum Gasteiger partial charge on any atom is 0.472 e. The van der Waals surface area contributed by atoms with Crippen LogP contribution in [-0.4, -0.2) is 59.9 Å². The Labute approximate surface area is 277 Å². The van der Waals surface area contributed by atoms with Crippen LogP contribution in [0.15, 0.2) is 24.3 Å². The Balaban J connectivity index is 4.29. The van der Waals surface area contributed by atoms with E-state index in [9.17, 15) is 23.8 Å². The zero-order valence-corrected chi connectivity index (χ0v) is 29.3. The molecule has 0 aromatic rings. The number of carbonyl (C=O) groups is 3. The number of ether oxygens (including phenoxy) is 2. The second-order valence-corrected chi connectivity index (χ2v) is 13.1. The summed E-state index contributed by atoms with van der Waals surface area (Å²) in [7, 11) is -4.69. The summed E-state index contributed by atoms with van der Waals surface area (Å²) in [6.45, 7) is 2.60. The lowest BCUT2D eigenvalue weighted by atomic mass is 10.1. The summed E-state index contributed by atoms with van der Waals surface area (Å²) < 4.78 is 32.2. The quantitative estimate of drug-likeness (QED) is 0.0273. The molecule has 0 fully saturated rings. The molecule has 0 amide bonds. The molecule has 0 saturated heterocycles. The number of carbonyl (C=O) groups excluding carboxylic acids is 2. The van der Waals surface area contributed by atoms with Crippen LogP contribution in [0.3, 0.4) is 0 Å². The molecular formula is C34H62NO10P. The van der Waals surface area contributed by atoms with Crippen LogP contribution in [0.2, 0.25) is 0 Å². The predicted molar refractivity (Wildman–Crippen MR) is 180 cm³/mol. The lowest BCUT2D eigenvalue weighted by molar-refractivity contribution is -0.161. The number of phosphoric ester groups is 1. The fourth-order valence-corrected chi connectivity index (χ4v) is 5.16. The first-order chi connectivity index (χ1) is 22.1. The number of carboxylic acid groups (broad SMARTS) is 1. The van der Waals surface area contributed by atoms with Gasteiger partial charge in [-0.25, -0.2) is 4.57 Å². The molecule has 0 aliphatic carbocycles. The smallest absolute Gasteiger partial charge is 0.472 e. The maximum atomic E-state index is 12.5. The highest BCUT2D eigenvalue weighted by atomic mass is 31.2. The van der Waals surface area contributed by atoms with Crippen molar-refractivity contribution in [2.45, 2.75) is 154 Å². The van der Waals surface area contributed by atoms with Crippen LogP contribution in [-0.2, 0) is 37.5 Å². The molecule has 0 bridgehead atoms. The van der Waals surface area contributed by atoms with Gasteiger partial charge in [0.2, 0.25) is 0 Å². The highest BCUT2D eigenvalue weighted by Crippen LogP contribution is 2.43. The van der Waals surface area contributed by atoms with Crippen molar-refractivity contribution in [2.24, 2.45) is 5.73 Å². The standard InChI is InChI=1S/C34H62NO10P/c1-3-5-7-9-10-11-12-13-14-15-16-17-18-19-20-21-22-24-26-33(37)45-30(27-42-32(36)25-23-8-6-4-2)28-43-46(40,41)44-29-31(35)34(38)39/h11-12,14-15,30-31H,3-10,13,16-29,35H2,1-2H3,(H,38,39)(H,40,41)/b12-11-,15-14-. The van der Waals surface area contributed by atoms with Gasteiger partial charge in [-0.05, 0) is 44.9 Å². The number of aliphatic carboxylic acids is 1. The topological polar surface area (TPSA) is 172 Å². The average molecular weight is 676 g/mol. The van der Waals surface area contributed by atoms with Crippen molar-refractivity contribution in [3.05, 3.63) is 24.3 Å². The third-order valence-corrected chi connectivity index (χ3v) is 8.15. The minimum atomic E-state index is -4.69. The first kappa shape index (κ1) is 44.0. The molecule has 0 heterocycles. The number of phosphoric acid groups is 1. The number of hydrogen-bond acceptors (Lipinski definition) is 9. The Morgan fingerprint density at radius 1 is 0.674 bits per heavy atom. The predicted octanol–water partition coefficient (Wildman–Crippen LogP) is 7.94. The monoisotopic (exact) mass is 675 g/mol. The van der Waals surface area contributed by atoms with Crippen LogP contribution in [0.25, 0.3) is 0 Å². The van der Waals surface area contributed by atoms with E-state index in [-0.39, 0.29) is 19.4 Å². The van der Waals surface area contributed by atoms with Crippen LogP contribution in [0.5, 0.6) is 0 Å².